The predicted molar refractivity (Wildman–Crippen MR) is 73.8 cm³/mol. The van der Waals surface area contributed by atoms with Crippen molar-refractivity contribution in [2.24, 2.45) is 0 Å². The quantitative estimate of drug-likeness (QED) is 0.932. The summed E-state index contributed by atoms with van der Waals surface area (Å²) in [5, 5.41) is 13.5. The van der Waals surface area contributed by atoms with Crippen molar-refractivity contribution in [1.29, 1.82) is 0 Å². The van der Waals surface area contributed by atoms with Gasteiger partial charge < -0.3 is 14.8 Å². The van der Waals surface area contributed by atoms with Crippen molar-refractivity contribution >= 4 is 11.3 Å². The van der Waals surface area contributed by atoms with Crippen LogP contribution in [0.15, 0.2) is 18.2 Å². The van der Waals surface area contributed by atoms with Gasteiger partial charge in [-0.2, -0.15) is 0 Å². The molecule has 5 nitrogen and oxygen atoms in total. The summed E-state index contributed by atoms with van der Waals surface area (Å²) in [5.74, 6) is 1.55. The molecule has 1 unspecified atom stereocenters. The van der Waals surface area contributed by atoms with Crippen molar-refractivity contribution in [3.8, 4) is 22.1 Å². The number of benzene rings is 1. The van der Waals surface area contributed by atoms with E-state index in [0.29, 0.717) is 13.2 Å². The molecule has 1 aromatic heterocycles. The van der Waals surface area contributed by atoms with Crippen molar-refractivity contribution in [3.63, 3.8) is 0 Å². The second-order valence-corrected chi connectivity index (χ2v) is 5.29. The first-order valence-electron chi connectivity index (χ1n) is 6.19. The summed E-state index contributed by atoms with van der Waals surface area (Å²) < 4.78 is 11.3. The van der Waals surface area contributed by atoms with Crippen LogP contribution < -0.4 is 14.8 Å². The first kappa shape index (κ1) is 12.4. The Morgan fingerprint density at radius 2 is 2.11 bits per heavy atom. The third kappa shape index (κ3) is 2.29. The van der Waals surface area contributed by atoms with Gasteiger partial charge in [0.05, 0.1) is 11.6 Å². The molecule has 1 aliphatic rings. The summed E-state index contributed by atoms with van der Waals surface area (Å²) in [6.07, 6.45) is 0. The van der Waals surface area contributed by atoms with Crippen LogP contribution in [-0.2, 0) is 0 Å². The highest BCUT2D eigenvalue weighted by molar-refractivity contribution is 7.14. The Balaban J connectivity index is 2.00. The molecule has 6 heteroatoms. The van der Waals surface area contributed by atoms with Crippen molar-refractivity contribution in [2.45, 2.75) is 13.0 Å². The minimum atomic E-state index is 0.197. The lowest BCUT2D eigenvalue weighted by Gasteiger charge is -2.19. The molecule has 1 atom stereocenters. The lowest BCUT2D eigenvalue weighted by Crippen LogP contribution is -2.15. The van der Waals surface area contributed by atoms with Gasteiger partial charge in [-0.05, 0) is 26.1 Å². The first-order chi connectivity index (χ1) is 9.29. The third-order valence-corrected chi connectivity index (χ3v) is 4.18. The number of nitrogens with zero attached hydrogens (tertiary/aromatic N) is 2. The van der Waals surface area contributed by atoms with E-state index in [1.165, 1.54) is 0 Å². The van der Waals surface area contributed by atoms with Crippen LogP contribution >= 0.6 is 11.3 Å². The van der Waals surface area contributed by atoms with Crippen LogP contribution in [-0.4, -0.2) is 30.5 Å². The van der Waals surface area contributed by atoms with E-state index in [0.717, 1.165) is 27.1 Å². The second-order valence-electron chi connectivity index (χ2n) is 4.29. The molecule has 1 aliphatic heterocycles. The van der Waals surface area contributed by atoms with Gasteiger partial charge in [0.15, 0.2) is 16.5 Å². The monoisotopic (exact) mass is 277 g/mol. The molecule has 0 saturated heterocycles. The van der Waals surface area contributed by atoms with E-state index in [4.69, 9.17) is 9.47 Å². The van der Waals surface area contributed by atoms with E-state index >= 15 is 0 Å². The lowest BCUT2D eigenvalue weighted by atomic mass is 10.2. The molecular weight excluding hydrogens is 262 g/mol. The van der Waals surface area contributed by atoms with Crippen molar-refractivity contribution in [1.82, 2.24) is 15.5 Å². The van der Waals surface area contributed by atoms with Crippen LogP contribution in [0.3, 0.4) is 0 Å². The van der Waals surface area contributed by atoms with E-state index < -0.39 is 0 Å². The first-order valence-corrected chi connectivity index (χ1v) is 7.01. The SMILES string of the molecule is CNC(C)c1nnc(-c2cccc3c2OCCO3)s1. The number of ether oxygens (including phenoxy) is 2. The van der Waals surface area contributed by atoms with Crippen molar-refractivity contribution in [3.05, 3.63) is 23.2 Å². The Bertz CT molecular complexity index is 585. The second kappa shape index (κ2) is 5.14. The Morgan fingerprint density at radius 1 is 1.26 bits per heavy atom. The summed E-state index contributed by atoms with van der Waals surface area (Å²) in [4.78, 5) is 0. The van der Waals surface area contributed by atoms with Gasteiger partial charge in [-0.1, -0.05) is 17.4 Å². The van der Waals surface area contributed by atoms with Gasteiger partial charge in [-0.15, -0.1) is 10.2 Å². The van der Waals surface area contributed by atoms with E-state index in [1.807, 2.05) is 25.2 Å². The van der Waals surface area contributed by atoms with Gasteiger partial charge >= 0.3 is 0 Å². The molecule has 100 valence electrons. The van der Waals surface area contributed by atoms with Gasteiger partial charge in [0.2, 0.25) is 0 Å². The fourth-order valence-electron chi connectivity index (χ4n) is 1.88. The molecule has 0 spiro atoms. The molecule has 0 bridgehead atoms. The van der Waals surface area contributed by atoms with Crippen LogP contribution in [0.1, 0.15) is 18.0 Å². The smallest absolute Gasteiger partial charge is 0.171 e. The van der Waals surface area contributed by atoms with Crippen molar-refractivity contribution in [2.75, 3.05) is 20.3 Å². The summed E-state index contributed by atoms with van der Waals surface area (Å²) >= 11 is 1.57. The minimum Gasteiger partial charge on any atom is -0.486 e. The maximum atomic E-state index is 5.70. The van der Waals surface area contributed by atoms with Crippen molar-refractivity contribution < 1.29 is 9.47 Å². The number of hydrogen-bond acceptors (Lipinski definition) is 6. The fourth-order valence-corrected chi connectivity index (χ4v) is 2.81. The number of rotatable bonds is 3. The zero-order chi connectivity index (χ0) is 13.2. The van der Waals surface area contributed by atoms with Crippen LogP contribution in [0, 0.1) is 0 Å². The molecule has 1 N–H and O–H groups in total. The zero-order valence-corrected chi connectivity index (χ0v) is 11.7. The summed E-state index contributed by atoms with van der Waals surface area (Å²) in [7, 11) is 1.91. The molecule has 1 aromatic carbocycles. The minimum absolute atomic E-state index is 0.197. The molecule has 2 aromatic rings. The van der Waals surface area contributed by atoms with Gasteiger partial charge in [0, 0.05) is 0 Å². The maximum absolute atomic E-state index is 5.70. The molecule has 2 heterocycles. The Kier molecular flexibility index (Phi) is 3.35. The standard InChI is InChI=1S/C13H15N3O2S/c1-8(14-2)12-15-16-13(19-12)9-4-3-5-10-11(9)18-7-6-17-10/h3-5,8,14H,6-7H2,1-2H3. The van der Waals surface area contributed by atoms with E-state index in [9.17, 15) is 0 Å². The highest BCUT2D eigenvalue weighted by Crippen LogP contribution is 2.41. The largest absolute Gasteiger partial charge is 0.486 e. The molecule has 19 heavy (non-hydrogen) atoms. The average Bonchev–Trinajstić information content (AvgIpc) is 2.95. The molecule has 3 rings (SSSR count). The van der Waals surface area contributed by atoms with Gasteiger partial charge in [-0.3, -0.25) is 0 Å². The average molecular weight is 277 g/mol. The molecular formula is C13H15N3O2S. The lowest BCUT2D eigenvalue weighted by molar-refractivity contribution is 0.172. The van der Waals surface area contributed by atoms with E-state index in [-0.39, 0.29) is 6.04 Å². The number of para-hydroxylation sites is 1. The molecule has 0 saturated carbocycles. The normalized spacial score (nSPS) is 15.3. The number of hydrogen-bond donors (Lipinski definition) is 1. The Labute approximate surface area is 115 Å². The van der Waals surface area contributed by atoms with Crippen LogP contribution in [0.2, 0.25) is 0 Å². The highest BCUT2D eigenvalue weighted by atomic mass is 32.1. The Hall–Kier alpha value is -1.66. The van der Waals surface area contributed by atoms with Crippen LogP contribution in [0.4, 0.5) is 0 Å². The maximum Gasteiger partial charge on any atom is 0.171 e. The molecule has 0 radical (unpaired) electrons. The topological polar surface area (TPSA) is 56.3 Å². The zero-order valence-electron chi connectivity index (χ0n) is 10.8. The third-order valence-electron chi connectivity index (χ3n) is 3.04. The Morgan fingerprint density at radius 3 is 2.95 bits per heavy atom. The van der Waals surface area contributed by atoms with Gasteiger partial charge in [-0.25, -0.2) is 0 Å². The summed E-state index contributed by atoms with van der Waals surface area (Å²) in [6.45, 7) is 3.22. The fraction of sp³-hybridized carbons (Fsp3) is 0.385. The summed E-state index contributed by atoms with van der Waals surface area (Å²) in [5.41, 5.74) is 0.948. The van der Waals surface area contributed by atoms with Gasteiger partial charge in [0.25, 0.3) is 0 Å². The number of fused-ring (bicyclic) bond motifs is 1. The van der Waals surface area contributed by atoms with Crippen LogP contribution in [0.25, 0.3) is 10.6 Å². The number of nitrogens with one attached hydrogen (secondary N) is 1. The van der Waals surface area contributed by atoms with Gasteiger partial charge in [0.1, 0.15) is 18.2 Å². The molecule has 0 aliphatic carbocycles. The predicted octanol–water partition coefficient (Wildman–Crippen LogP) is 2.26. The summed E-state index contributed by atoms with van der Waals surface area (Å²) in [6, 6.07) is 6.05. The highest BCUT2D eigenvalue weighted by Gasteiger charge is 2.20. The van der Waals surface area contributed by atoms with E-state index in [1.54, 1.807) is 11.3 Å². The number of aromatic nitrogens is 2. The van der Waals surface area contributed by atoms with Crippen LogP contribution in [0.5, 0.6) is 11.5 Å². The van der Waals surface area contributed by atoms with E-state index in [2.05, 4.69) is 22.4 Å². The molecule has 0 fully saturated rings. The molecule has 0 amide bonds.